The summed E-state index contributed by atoms with van der Waals surface area (Å²) in [5.41, 5.74) is 0. The summed E-state index contributed by atoms with van der Waals surface area (Å²) in [5.74, 6) is -3.22. The molecule has 8 nitrogen and oxygen atoms in total. The van der Waals surface area contributed by atoms with Crippen molar-refractivity contribution in [3.05, 3.63) is 0 Å². The molecule has 0 aromatic heterocycles. The van der Waals surface area contributed by atoms with Gasteiger partial charge in [-0.2, -0.15) is 0 Å². The van der Waals surface area contributed by atoms with Crippen molar-refractivity contribution in [2.24, 2.45) is 0 Å². The second kappa shape index (κ2) is 4.11. The first-order valence-corrected chi connectivity index (χ1v) is 4.01. The van der Waals surface area contributed by atoms with Crippen LogP contribution < -0.4 is 0 Å². The molecule has 0 aliphatic carbocycles. The van der Waals surface area contributed by atoms with Gasteiger partial charge in [0, 0.05) is 0 Å². The van der Waals surface area contributed by atoms with Crippen LogP contribution in [0.25, 0.3) is 0 Å². The highest BCUT2D eigenvalue weighted by atomic mass is 16.6. The summed E-state index contributed by atoms with van der Waals surface area (Å²) < 4.78 is 4.45. The van der Waals surface area contributed by atoms with Crippen LogP contribution in [0.3, 0.4) is 0 Å². The molecule has 0 saturated carbocycles. The number of ether oxygens (including phenoxy) is 1. The molecule has 5 N–H and O–H groups in total. The Hall–Kier alpha value is -1.22. The normalized spacial score (nSPS) is 41.1. The average Bonchev–Trinajstić information content (AvgIpc) is 2.13. The monoisotopic (exact) mass is 222 g/mol. The minimum absolute atomic E-state index is 1.61. The molecule has 1 aliphatic rings. The molecular formula is C7H10O8. The molecule has 1 saturated heterocycles. The lowest BCUT2D eigenvalue weighted by Crippen LogP contribution is -2.61. The first-order valence-electron chi connectivity index (χ1n) is 4.01. The van der Waals surface area contributed by atoms with Crippen molar-refractivity contribution in [1.82, 2.24) is 0 Å². The lowest BCUT2D eigenvalue weighted by atomic mass is 9.95. The molecule has 0 radical (unpaired) electrons. The Morgan fingerprint density at radius 3 is 1.40 bits per heavy atom. The van der Waals surface area contributed by atoms with Crippen molar-refractivity contribution in [3.8, 4) is 0 Å². The number of hydrogen-bond acceptors (Lipinski definition) is 6. The highest BCUT2D eigenvalue weighted by molar-refractivity contribution is 5.77. The Morgan fingerprint density at radius 2 is 1.13 bits per heavy atom. The average molecular weight is 222 g/mol. The molecular weight excluding hydrogens is 212 g/mol. The lowest BCUT2D eigenvalue weighted by molar-refractivity contribution is -0.231. The molecule has 5 atom stereocenters. The van der Waals surface area contributed by atoms with E-state index in [-0.39, 0.29) is 0 Å². The van der Waals surface area contributed by atoms with E-state index in [2.05, 4.69) is 4.74 Å². The fourth-order valence-electron chi connectivity index (χ4n) is 1.29. The number of aliphatic hydroxyl groups is 3. The second-order valence-electron chi connectivity index (χ2n) is 3.13. The van der Waals surface area contributed by atoms with Gasteiger partial charge >= 0.3 is 11.9 Å². The van der Waals surface area contributed by atoms with Gasteiger partial charge < -0.3 is 30.3 Å². The lowest BCUT2D eigenvalue weighted by Gasteiger charge is -2.36. The van der Waals surface area contributed by atoms with Crippen LogP contribution in [0.5, 0.6) is 0 Å². The number of aliphatic carboxylic acids is 2. The number of hydrogen-bond donors (Lipinski definition) is 5. The van der Waals surface area contributed by atoms with Gasteiger partial charge in [0.15, 0.2) is 12.2 Å². The molecule has 1 heterocycles. The SMILES string of the molecule is O=C(O)[C@H]1O[C@@H](C(=O)O)[C@H](O)C(O)[C@@H]1O. The van der Waals surface area contributed by atoms with E-state index < -0.39 is 42.5 Å². The van der Waals surface area contributed by atoms with Gasteiger partial charge in [-0.3, -0.25) is 0 Å². The summed E-state index contributed by atoms with van der Waals surface area (Å²) >= 11 is 0. The summed E-state index contributed by atoms with van der Waals surface area (Å²) in [7, 11) is 0. The molecule has 1 unspecified atom stereocenters. The van der Waals surface area contributed by atoms with E-state index in [1.165, 1.54) is 0 Å². The minimum atomic E-state index is -1.87. The summed E-state index contributed by atoms with van der Waals surface area (Å²) in [4.78, 5) is 21.0. The van der Waals surface area contributed by atoms with E-state index in [0.717, 1.165) is 0 Å². The van der Waals surface area contributed by atoms with Gasteiger partial charge in [0.05, 0.1) is 0 Å². The molecule has 1 fully saturated rings. The van der Waals surface area contributed by atoms with E-state index in [1.807, 2.05) is 0 Å². The number of carbonyl (C=O) groups is 2. The first-order chi connectivity index (χ1) is 6.86. The quantitative estimate of drug-likeness (QED) is 0.332. The Kier molecular flexibility index (Phi) is 3.25. The summed E-state index contributed by atoms with van der Waals surface area (Å²) in [6.45, 7) is 0. The van der Waals surface area contributed by atoms with Crippen LogP contribution in [0.15, 0.2) is 0 Å². The summed E-state index contributed by atoms with van der Waals surface area (Å²) in [6, 6.07) is 0. The van der Waals surface area contributed by atoms with E-state index in [1.54, 1.807) is 0 Å². The molecule has 15 heavy (non-hydrogen) atoms. The first kappa shape index (κ1) is 11.9. The van der Waals surface area contributed by atoms with Gasteiger partial charge in [-0.15, -0.1) is 0 Å². The van der Waals surface area contributed by atoms with Crippen molar-refractivity contribution in [2.75, 3.05) is 0 Å². The summed E-state index contributed by atoms with van der Waals surface area (Å²) in [6.07, 6.45) is -9.35. The van der Waals surface area contributed by atoms with Crippen LogP contribution >= 0.6 is 0 Å². The topological polar surface area (TPSA) is 145 Å². The third kappa shape index (κ3) is 2.07. The number of carboxylic acid groups (broad SMARTS) is 2. The third-order valence-corrected chi connectivity index (χ3v) is 2.10. The van der Waals surface area contributed by atoms with Crippen LogP contribution in [0.1, 0.15) is 0 Å². The van der Waals surface area contributed by atoms with E-state index in [4.69, 9.17) is 20.4 Å². The molecule has 8 heteroatoms. The molecule has 1 aliphatic heterocycles. The van der Waals surface area contributed by atoms with Gasteiger partial charge in [0.25, 0.3) is 0 Å². The molecule has 86 valence electrons. The Labute approximate surface area is 83.3 Å². The largest absolute Gasteiger partial charge is 0.479 e. The Balaban J connectivity index is 2.89. The van der Waals surface area contributed by atoms with Crippen molar-refractivity contribution in [3.63, 3.8) is 0 Å². The number of carboxylic acids is 2. The highest BCUT2D eigenvalue weighted by Crippen LogP contribution is 2.21. The predicted octanol–water partition coefficient (Wildman–Crippen LogP) is -2.99. The zero-order valence-corrected chi connectivity index (χ0v) is 7.35. The fraction of sp³-hybridized carbons (Fsp3) is 0.714. The predicted molar refractivity (Wildman–Crippen MR) is 42.0 cm³/mol. The third-order valence-electron chi connectivity index (χ3n) is 2.10. The van der Waals surface area contributed by atoms with Crippen LogP contribution in [0, 0.1) is 0 Å². The zero-order valence-electron chi connectivity index (χ0n) is 7.35. The highest BCUT2D eigenvalue weighted by Gasteiger charge is 2.49. The van der Waals surface area contributed by atoms with Crippen LogP contribution in [0.2, 0.25) is 0 Å². The van der Waals surface area contributed by atoms with Crippen molar-refractivity contribution >= 4 is 11.9 Å². The second-order valence-corrected chi connectivity index (χ2v) is 3.13. The molecule has 0 aromatic carbocycles. The van der Waals surface area contributed by atoms with Crippen molar-refractivity contribution in [2.45, 2.75) is 30.5 Å². The Morgan fingerprint density at radius 1 is 0.800 bits per heavy atom. The Bertz CT molecular complexity index is 250. The standard InChI is InChI=1S/C7H10O8/c8-1-2(9)4(6(11)12)15-5(3(1)10)7(13)14/h1-5,8-10H,(H,11,12)(H,13,14)/t1?,2-,3+,4-,5+. The smallest absolute Gasteiger partial charge is 0.335 e. The van der Waals surface area contributed by atoms with Crippen molar-refractivity contribution < 1.29 is 39.9 Å². The fourth-order valence-corrected chi connectivity index (χ4v) is 1.29. The van der Waals surface area contributed by atoms with Crippen LogP contribution in [-0.4, -0.2) is 68.0 Å². The van der Waals surface area contributed by atoms with Gasteiger partial charge in [-0.25, -0.2) is 9.59 Å². The maximum Gasteiger partial charge on any atom is 0.335 e. The number of aliphatic hydroxyl groups excluding tert-OH is 3. The van der Waals surface area contributed by atoms with Gasteiger partial charge in [0.1, 0.15) is 18.3 Å². The molecule has 0 aromatic rings. The number of rotatable bonds is 2. The maximum atomic E-state index is 10.5. The van der Waals surface area contributed by atoms with Crippen molar-refractivity contribution in [1.29, 1.82) is 0 Å². The molecule has 0 bridgehead atoms. The van der Waals surface area contributed by atoms with Gasteiger partial charge in [-0.1, -0.05) is 0 Å². The van der Waals surface area contributed by atoms with E-state index in [9.17, 15) is 14.7 Å². The van der Waals surface area contributed by atoms with Gasteiger partial charge in [-0.05, 0) is 0 Å². The van der Waals surface area contributed by atoms with E-state index in [0.29, 0.717) is 0 Å². The molecule has 0 amide bonds. The van der Waals surface area contributed by atoms with Crippen LogP contribution in [-0.2, 0) is 14.3 Å². The van der Waals surface area contributed by atoms with Gasteiger partial charge in [0.2, 0.25) is 0 Å². The summed E-state index contributed by atoms with van der Waals surface area (Å²) in [5, 5.41) is 44.6. The van der Waals surface area contributed by atoms with Crippen LogP contribution in [0.4, 0.5) is 0 Å². The molecule has 0 spiro atoms. The zero-order chi connectivity index (χ0) is 11.7. The minimum Gasteiger partial charge on any atom is -0.479 e. The molecule has 1 rings (SSSR count). The van der Waals surface area contributed by atoms with E-state index >= 15 is 0 Å². The maximum absolute atomic E-state index is 10.5.